The molecule has 0 N–H and O–H groups in total. The SMILES string of the molecule is COc1ccccc1N1CSC2=C(C#N)[C@H](c3ccc(SC)cc3)CC(=O)N2C1. The van der Waals surface area contributed by atoms with Gasteiger partial charge in [-0.15, -0.1) is 11.8 Å². The molecular formula is C22H21N3O2S2. The van der Waals surface area contributed by atoms with Crippen molar-refractivity contribution < 1.29 is 9.53 Å². The van der Waals surface area contributed by atoms with Gasteiger partial charge in [0.2, 0.25) is 5.91 Å². The first-order valence-corrected chi connectivity index (χ1v) is 11.5. The molecule has 29 heavy (non-hydrogen) atoms. The molecule has 1 amide bonds. The average molecular weight is 424 g/mol. The maximum absolute atomic E-state index is 13.0. The summed E-state index contributed by atoms with van der Waals surface area (Å²) in [6.45, 7) is 0.421. The standard InChI is InChI=1S/C22H21N3O2S2/c1-27-20-6-4-3-5-19(20)24-13-25-21(26)11-17(18(12-23)22(25)29-14-24)15-7-9-16(28-2)10-8-15/h3-10,17H,11,13-14H2,1-2H3/t17-/m0/s1. The van der Waals surface area contributed by atoms with Crippen LogP contribution in [0.2, 0.25) is 0 Å². The lowest BCUT2D eigenvalue weighted by Crippen LogP contribution is -2.47. The van der Waals surface area contributed by atoms with Gasteiger partial charge in [0.05, 0.1) is 42.0 Å². The van der Waals surface area contributed by atoms with Crippen LogP contribution < -0.4 is 9.64 Å². The molecule has 2 aliphatic heterocycles. The Morgan fingerprint density at radius 3 is 2.66 bits per heavy atom. The van der Waals surface area contributed by atoms with Crippen LogP contribution in [0.1, 0.15) is 17.9 Å². The normalized spacial score (nSPS) is 19.1. The van der Waals surface area contributed by atoms with Crippen LogP contribution in [0.4, 0.5) is 5.69 Å². The van der Waals surface area contributed by atoms with Crippen molar-refractivity contribution in [3.63, 3.8) is 0 Å². The molecule has 0 saturated carbocycles. The number of anilines is 1. The Bertz CT molecular complexity index is 998. The molecule has 0 spiro atoms. The molecule has 4 rings (SSSR count). The molecule has 0 aliphatic carbocycles. The molecule has 1 atom stereocenters. The van der Waals surface area contributed by atoms with Gasteiger partial charge < -0.3 is 9.64 Å². The number of carbonyl (C=O) groups excluding carboxylic acids is 1. The molecule has 1 saturated heterocycles. The highest BCUT2D eigenvalue weighted by atomic mass is 32.2. The van der Waals surface area contributed by atoms with Crippen molar-refractivity contribution in [3.8, 4) is 11.8 Å². The number of nitriles is 1. The third kappa shape index (κ3) is 3.70. The monoisotopic (exact) mass is 423 g/mol. The fraction of sp³-hybridized carbons (Fsp3) is 0.273. The molecule has 0 unspecified atom stereocenters. The Kier molecular flexibility index (Phi) is 5.74. The van der Waals surface area contributed by atoms with E-state index < -0.39 is 0 Å². The van der Waals surface area contributed by atoms with E-state index in [9.17, 15) is 10.1 Å². The van der Waals surface area contributed by atoms with E-state index in [0.717, 1.165) is 22.0 Å². The molecular weight excluding hydrogens is 402 g/mol. The summed E-state index contributed by atoms with van der Waals surface area (Å²) < 4.78 is 5.48. The van der Waals surface area contributed by atoms with Crippen LogP contribution in [0.3, 0.4) is 0 Å². The number of amides is 1. The zero-order valence-corrected chi connectivity index (χ0v) is 17.9. The number of rotatable bonds is 4. The van der Waals surface area contributed by atoms with Crippen molar-refractivity contribution in [1.82, 2.24) is 4.90 Å². The Labute approximate surface area is 179 Å². The first kappa shape index (κ1) is 19.7. The average Bonchev–Trinajstić information content (AvgIpc) is 2.79. The Morgan fingerprint density at radius 2 is 1.97 bits per heavy atom. The highest BCUT2D eigenvalue weighted by molar-refractivity contribution is 8.03. The van der Waals surface area contributed by atoms with E-state index in [-0.39, 0.29) is 11.8 Å². The second-order valence-corrected chi connectivity index (χ2v) is 8.62. The smallest absolute Gasteiger partial charge is 0.229 e. The lowest BCUT2D eigenvalue weighted by molar-refractivity contribution is -0.129. The van der Waals surface area contributed by atoms with Gasteiger partial charge in [0.15, 0.2) is 0 Å². The summed E-state index contributed by atoms with van der Waals surface area (Å²) in [5, 5.41) is 10.7. The minimum Gasteiger partial charge on any atom is -0.495 e. The minimum atomic E-state index is -0.181. The van der Waals surface area contributed by atoms with Gasteiger partial charge in [0.1, 0.15) is 5.75 Å². The minimum absolute atomic E-state index is 0.0463. The topological polar surface area (TPSA) is 56.6 Å². The lowest BCUT2D eigenvalue weighted by Gasteiger charge is -2.42. The van der Waals surface area contributed by atoms with E-state index >= 15 is 0 Å². The number of ether oxygens (including phenoxy) is 1. The zero-order valence-electron chi connectivity index (χ0n) is 16.3. The van der Waals surface area contributed by atoms with Gasteiger partial charge in [-0.2, -0.15) is 5.26 Å². The van der Waals surface area contributed by atoms with Crippen LogP contribution in [0.25, 0.3) is 0 Å². The maximum Gasteiger partial charge on any atom is 0.229 e. The lowest BCUT2D eigenvalue weighted by atomic mass is 9.86. The van der Waals surface area contributed by atoms with Crippen LogP contribution in [-0.2, 0) is 4.79 Å². The van der Waals surface area contributed by atoms with Crippen LogP contribution >= 0.6 is 23.5 Å². The molecule has 2 aliphatic rings. The van der Waals surface area contributed by atoms with Gasteiger partial charge in [-0.05, 0) is 36.1 Å². The molecule has 2 aromatic rings. The van der Waals surface area contributed by atoms with Crippen LogP contribution in [0, 0.1) is 11.3 Å². The number of para-hydroxylation sites is 2. The van der Waals surface area contributed by atoms with Crippen molar-refractivity contribution >= 4 is 35.1 Å². The van der Waals surface area contributed by atoms with Crippen molar-refractivity contribution in [1.29, 1.82) is 5.26 Å². The summed E-state index contributed by atoms with van der Waals surface area (Å²) in [5.74, 6) is 1.30. The van der Waals surface area contributed by atoms with Crippen molar-refractivity contribution in [2.45, 2.75) is 17.2 Å². The Morgan fingerprint density at radius 1 is 1.21 bits per heavy atom. The van der Waals surface area contributed by atoms with Crippen molar-refractivity contribution in [3.05, 3.63) is 64.7 Å². The number of nitrogens with zero attached hydrogens (tertiary/aromatic N) is 3. The highest BCUT2D eigenvalue weighted by Gasteiger charge is 2.38. The largest absolute Gasteiger partial charge is 0.495 e. The van der Waals surface area contributed by atoms with E-state index in [0.29, 0.717) is 24.5 Å². The first-order valence-electron chi connectivity index (χ1n) is 9.25. The Hall–Kier alpha value is -2.56. The fourth-order valence-corrected chi connectivity index (χ4v) is 5.29. The molecule has 0 bridgehead atoms. The second kappa shape index (κ2) is 8.44. The van der Waals surface area contributed by atoms with E-state index in [1.165, 1.54) is 4.90 Å². The number of benzene rings is 2. The predicted octanol–water partition coefficient (Wildman–Crippen LogP) is 4.64. The molecule has 2 aromatic carbocycles. The van der Waals surface area contributed by atoms with E-state index in [4.69, 9.17) is 4.74 Å². The summed E-state index contributed by atoms with van der Waals surface area (Å²) >= 11 is 3.22. The summed E-state index contributed by atoms with van der Waals surface area (Å²) in [6, 6.07) is 18.4. The molecule has 2 heterocycles. The number of carbonyl (C=O) groups is 1. The zero-order chi connectivity index (χ0) is 20.4. The molecule has 7 heteroatoms. The summed E-state index contributed by atoms with van der Waals surface area (Å²) in [4.78, 5) is 18.1. The van der Waals surface area contributed by atoms with Gasteiger partial charge in [0, 0.05) is 17.2 Å². The van der Waals surface area contributed by atoms with Crippen LogP contribution in [0.5, 0.6) is 5.75 Å². The maximum atomic E-state index is 13.0. The number of fused-ring (bicyclic) bond motifs is 1. The van der Waals surface area contributed by atoms with E-state index in [1.54, 1.807) is 35.5 Å². The number of methoxy groups -OCH3 is 1. The molecule has 148 valence electrons. The van der Waals surface area contributed by atoms with E-state index in [1.807, 2.05) is 54.8 Å². The molecule has 5 nitrogen and oxygen atoms in total. The number of thioether (sulfide) groups is 2. The number of allylic oxidation sites excluding steroid dienone is 1. The second-order valence-electron chi connectivity index (χ2n) is 6.81. The fourth-order valence-electron chi connectivity index (χ4n) is 3.73. The van der Waals surface area contributed by atoms with E-state index in [2.05, 4.69) is 11.0 Å². The molecule has 0 aromatic heterocycles. The van der Waals surface area contributed by atoms with Crippen LogP contribution in [-0.4, -0.2) is 36.7 Å². The first-order chi connectivity index (χ1) is 14.2. The third-order valence-corrected chi connectivity index (χ3v) is 7.14. The summed E-state index contributed by atoms with van der Waals surface area (Å²) in [7, 11) is 1.65. The van der Waals surface area contributed by atoms with Crippen molar-refractivity contribution in [2.75, 3.05) is 30.8 Å². The van der Waals surface area contributed by atoms with Crippen molar-refractivity contribution in [2.24, 2.45) is 0 Å². The quantitative estimate of drug-likeness (QED) is 0.668. The van der Waals surface area contributed by atoms with Gasteiger partial charge in [-0.1, -0.05) is 36.0 Å². The summed E-state index contributed by atoms with van der Waals surface area (Å²) in [6.07, 6.45) is 2.34. The predicted molar refractivity (Wildman–Crippen MR) is 118 cm³/mol. The van der Waals surface area contributed by atoms with Gasteiger partial charge in [0.25, 0.3) is 0 Å². The number of hydrogen-bond acceptors (Lipinski definition) is 6. The number of hydrogen-bond donors (Lipinski definition) is 0. The van der Waals surface area contributed by atoms with Gasteiger partial charge in [-0.25, -0.2) is 0 Å². The summed E-state index contributed by atoms with van der Waals surface area (Å²) in [5.41, 5.74) is 2.65. The third-order valence-electron chi connectivity index (χ3n) is 5.24. The van der Waals surface area contributed by atoms with Crippen LogP contribution in [0.15, 0.2) is 64.0 Å². The Balaban J connectivity index is 1.65. The molecule has 1 fully saturated rings. The highest BCUT2D eigenvalue weighted by Crippen LogP contribution is 2.44. The van der Waals surface area contributed by atoms with Gasteiger partial charge >= 0.3 is 0 Å². The van der Waals surface area contributed by atoms with Gasteiger partial charge in [-0.3, -0.25) is 9.69 Å². The molecule has 0 radical (unpaired) electrons.